The van der Waals surface area contributed by atoms with Crippen LogP contribution in [-0.2, 0) is 0 Å². The van der Waals surface area contributed by atoms with Crippen LogP contribution in [0.15, 0.2) is 30.3 Å². The van der Waals surface area contributed by atoms with Crippen LogP contribution >= 0.6 is 11.6 Å². The van der Waals surface area contributed by atoms with E-state index in [1.54, 1.807) is 20.1 Å². The van der Waals surface area contributed by atoms with E-state index in [0.717, 1.165) is 17.2 Å². The maximum absolute atomic E-state index is 12.5. The van der Waals surface area contributed by atoms with Crippen LogP contribution in [0.25, 0.3) is 0 Å². The summed E-state index contributed by atoms with van der Waals surface area (Å²) in [5, 5.41) is 13.9. The Balaban J connectivity index is 2.30. The highest BCUT2D eigenvalue weighted by Crippen LogP contribution is 2.33. The van der Waals surface area contributed by atoms with Gasteiger partial charge in [0.1, 0.15) is 0 Å². The average molecular weight is 379 g/mol. The molecule has 2 rings (SSSR count). The molecule has 0 aliphatic heterocycles. The number of nitrogens with zero attached hydrogens (tertiary/aromatic N) is 1. The second kappa shape index (κ2) is 8.05. The number of amides is 1. The molecule has 1 N–H and O–H groups in total. The van der Waals surface area contributed by atoms with Crippen LogP contribution < -0.4 is 14.8 Å². The van der Waals surface area contributed by atoms with Crippen LogP contribution in [0.3, 0.4) is 0 Å². The molecular formula is C18H19ClN2O5. The van der Waals surface area contributed by atoms with Gasteiger partial charge in [0, 0.05) is 12.1 Å². The van der Waals surface area contributed by atoms with E-state index in [1.807, 2.05) is 13.0 Å². The standard InChI is InChI=1S/C18H19ClN2O5/c1-10-7-16(25-3)17(26-4)9-13(10)11(2)20-18(22)14-8-12(21(23)24)5-6-15(14)19/h5-9,11H,1-4H3,(H,20,22)/t11-/m1/s1. The van der Waals surface area contributed by atoms with E-state index in [1.165, 1.54) is 19.2 Å². The highest BCUT2D eigenvalue weighted by atomic mass is 35.5. The lowest BCUT2D eigenvalue weighted by atomic mass is 10.0. The Morgan fingerprint density at radius 2 is 1.81 bits per heavy atom. The molecule has 0 aliphatic carbocycles. The van der Waals surface area contributed by atoms with Crippen molar-refractivity contribution in [1.82, 2.24) is 5.32 Å². The molecule has 138 valence electrons. The normalized spacial score (nSPS) is 11.6. The SMILES string of the molecule is COc1cc(C)c([C@@H](C)NC(=O)c2cc([N+](=O)[O-])ccc2Cl)cc1OC. The van der Waals surface area contributed by atoms with Crippen LogP contribution in [0.1, 0.15) is 34.5 Å². The molecule has 0 aromatic heterocycles. The minimum absolute atomic E-state index is 0.0471. The first kappa shape index (κ1) is 19.5. The minimum Gasteiger partial charge on any atom is -0.493 e. The third-order valence-electron chi connectivity index (χ3n) is 3.99. The van der Waals surface area contributed by atoms with Crippen molar-refractivity contribution in [3.8, 4) is 11.5 Å². The molecule has 0 radical (unpaired) electrons. The van der Waals surface area contributed by atoms with Crippen LogP contribution in [-0.4, -0.2) is 25.1 Å². The predicted molar refractivity (Wildman–Crippen MR) is 98.3 cm³/mol. The summed E-state index contributed by atoms with van der Waals surface area (Å²) < 4.78 is 10.6. The summed E-state index contributed by atoms with van der Waals surface area (Å²) in [4.78, 5) is 22.9. The van der Waals surface area contributed by atoms with Crippen molar-refractivity contribution in [2.45, 2.75) is 19.9 Å². The number of nitro groups is 1. The zero-order valence-electron chi connectivity index (χ0n) is 14.8. The molecule has 0 heterocycles. The Bertz CT molecular complexity index is 854. The molecule has 2 aromatic carbocycles. The van der Waals surface area contributed by atoms with Crippen LogP contribution in [0.2, 0.25) is 5.02 Å². The Hall–Kier alpha value is -2.80. The Kier molecular flexibility index (Phi) is 6.05. The van der Waals surface area contributed by atoms with Crippen LogP contribution in [0.4, 0.5) is 5.69 Å². The monoisotopic (exact) mass is 378 g/mol. The fourth-order valence-corrected chi connectivity index (χ4v) is 2.82. The summed E-state index contributed by atoms with van der Waals surface area (Å²) in [6.07, 6.45) is 0. The van der Waals surface area contributed by atoms with Gasteiger partial charge in [-0.1, -0.05) is 11.6 Å². The number of non-ortho nitro benzene ring substituents is 1. The molecule has 0 unspecified atom stereocenters. The number of carbonyl (C=O) groups is 1. The summed E-state index contributed by atoms with van der Waals surface area (Å²) in [5.74, 6) is 0.636. The molecule has 1 amide bonds. The van der Waals surface area contributed by atoms with E-state index < -0.39 is 10.8 Å². The highest BCUT2D eigenvalue weighted by Gasteiger charge is 2.20. The van der Waals surface area contributed by atoms with E-state index in [2.05, 4.69) is 5.32 Å². The van der Waals surface area contributed by atoms with Crippen LogP contribution in [0, 0.1) is 17.0 Å². The fourth-order valence-electron chi connectivity index (χ4n) is 2.62. The zero-order valence-corrected chi connectivity index (χ0v) is 15.6. The van der Waals surface area contributed by atoms with Crippen molar-refractivity contribution in [2.24, 2.45) is 0 Å². The molecule has 0 fully saturated rings. The molecule has 0 bridgehead atoms. The average Bonchev–Trinajstić information content (AvgIpc) is 2.61. The van der Waals surface area contributed by atoms with Gasteiger partial charge in [-0.15, -0.1) is 0 Å². The number of nitro benzene ring substituents is 1. The first-order valence-corrected chi connectivity index (χ1v) is 8.13. The highest BCUT2D eigenvalue weighted by molar-refractivity contribution is 6.33. The largest absolute Gasteiger partial charge is 0.493 e. The molecule has 0 aliphatic rings. The van der Waals surface area contributed by atoms with Gasteiger partial charge in [0.25, 0.3) is 11.6 Å². The smallest absolute Gasteiger partial charge is 0.270 e. The number of hydrogen-bond acceptors (Lipinski definition) is 5. The van der Waals surface area contributed by atoms with Gasteiger partial charge in [-0.2, -0.15) is 0 Å². The summed E-state index contributed by atoms with van der Waals surface area (Å²) in [6, 6.07) is 6.97. The molecule has 7 nitrogen and oxygen atoms in total. The first-order chi connectivity index (χ1) is 12.3. The van der Waals surface area contributed by atoms with Crippen LogP contribution in [0.5, 0.6) is 11.5 Å². The van der Waals surface area contributed by atoms with E-state index in [0.29, 0.717) is 11.5 Å². The lowest BCUT2D eigenvalue weighted by Crippen LogP contribution is -2.27. The lowest BCUT2D eigenvalue weighted by molar-refractivity contribution is -0.384. The number of aryl methyl sites for hydroxylation is 1. The fraction of sp³-hybridized carbons (Fsp3) is 0.278. The van der Waals surface area contributed by atoms with Gasteiger partial charge in [0.05, 0.1) is 35.8 Å². The summed E-state index contributed by atoms with van der Waals surface area (Å²) in [6.45, 7) is 3.69. The molecule has 1 atom stereocenters. The van der Waals surface area contributed by atoms with Crippen molar-refractivity contribution in [3.05, 3.63) is 62.2 Å². The molecule has 0 saturated heterocycles. The number of hydrogen-bond donors (Lipinski definition) is 1. The molecule has 26 heavy (non-hydrogen) atoms. The van der Waals surface area contributed by atoms with E-state index >= 15 is 0 Å². The van der Waals surface area contributed by atoms with Gasteiger partial charge in [-0.05, 0) is 43.2 Å². The van der Waals surface area contributed by atoms with E-state index in [9.17, 15) is 14.9 Å². The molecule has 0 spiro atoms. The van der Waals surface area contributed by atoms with Gasteiger partial charge in [0.15, 0.2) is 11.5 Å². The number of rotatable bonds is 6. The maximum atomic E-state index is 12.5. The minimum atomic E-state index is -0.574. The zero-order chi connectivity index (χ0) is 19.4. The van der Waals surface area contributed by atoms with Crippen molar-refractivity contribution < 1.29 is 19.2 Å². The van der Waals surface area contributed by atoms with Gasteiger partial charge in [0.2, 0.25) is 0 Å². The van der Waals surface area contributed by atoms with Gasteiger partial charge in [-0.3, -0.25) is 14.9 Å². The Morgan fingerprint density at radius 1 is 1.19 bits per heavy atom. The number of methoxy groups -OCH3 is 2. The van der Waals surface area contributed by atoms with E-state index in [-0.39, 0.29) is 22.3 Å². The maximum Gasteiger partial charge on any atom is 0.270 e. The summed E-state index contributed by atoms with van der Waals surface area (Å²) >= 11 is 6.02. The predicted octanol–water partition coefficient (Wildman–Crippen LogP) is 4.06. The molecule has 2 aromatic rings. The Morgan fingerprint density at radius 3 is 2.38 bits per heavy atom. The molecule has 0 saturated carbocycles. The quantitative estimate of drug-likeness (QED) is 0.604. The van der Waals surface area contributed by atoms with Gasteiger partial charge >= 0.3 is 0 Å². The van der Waals surface area contributed by atoms with Crippen molar-refractivity contribution in [1.29, 1.82) is 0 Å². The summed E-state index contributed by atoms with van der Waals surface area (Å²) in [7, 11) is 3.08. The number of nitrogens with one attached hydrogen (secondary N) is 1. The molecular weight excluding hydrogens is 360 g/mol. The van der Waals surface area contributed by atoms with E-state index in [4.69, 9.17) is 21.1 Å². The number of benzene rings is 2. The van der Waals surface area contributed by atoms with Crippen molar-refractivity contribution >= 4 is 23.2 Å². The third-order valence-corrected chi connectivity index (χ3v) is 4.32. The second-order valence-corrected chi connectivity index (χ2v) is 6.09. The van der Waals surface area contributed by atoms with Crippen molar-refractivity contribution in [2.75, 3.05) is 14.2 Å². The van der Waals surface area contributed by atoms with Gasteiger partial charge < -0.3 is 14.8 Å². The second-order valence-electron chi connectivity index (χ2n) is 5.68. The number of carbonyl (C=O) groups excluding carboxylic acids is 1. The topological polar surface area (TPSA) is 90.7 Å². The van der Waals surface area contributed by atoms with Gasteiger partial charge in [-0.25, -0.2) is 0 Å². The Labute approximate surface area is 156 Å². The lowest BCUT2D eigenvalue weighted by Gasteiger charge is -2.19. The number of halogens is 1. The van der Waals surface area contributed by atoms with Crippen molar-refractivity contribution in [3.63, 3.8) is 0 Å². The number of ether oxygens (including phenoxy) is 2. The first-order valence-electron chi connectivity index (χ1n) is 7.75. The molecule has 8 heteroatoms. The summed E-state index contributed by atoms with van der Waals surface area (Å²) in [5.41, 5.74) is 1.58. The third kappa shape index (κ3) is 4.05.